The van der Waals surface area contributed by atoms with E-state index in [1.807, 2.05) is 26.0 Å². The number of ketones is 4. The van der Waals surface area contributed by atoms with Crippen molar-refractivity contribution < 1.29 is 85.7 Å². The van der Waals surface area contributed by atoms with E-state index in [9.17, 15) is 85.7 Å². The molecule has 6 atom stereocenters. The fraction of sp³-hybridized carbons (Fsp3) is 0.449. The van der Waals surface area contributed by atoms with Crippen molar-refractivity contribution in [2.75, 3.05) is 19.6 Å². The van der Waals surface area contributed by atoms with Gasteiger partial charge in [-0.15, -0.1) is 0 Å². The van der Waals surface area contributed by atoms with Gasteiger partial charge in [0.25, 0.3) is 5.91 Å². The van der Waals surface area contributed by atoms with Crippen molar-refractivity contribution >= 4 is 91.5 Å². The number of benzene rings is 4. The van der Waals surface area contributed by atoms with Crippen LogP contribution in [0.4, 0.5) is 4.39 Å². The molecule has 0 saturated carbocycles. The topological polar surface area (TPSA) is 402 Å². The van der Waals surface area contributed by atoms with Crippen molar-refractivity contribution in [3.63, 3.8) is 0 Å². The minimum Gasteiger partial charge on any atom is -0.481 e. The zero-order chi connectivity index (χ0) is 69.6. The monoisotopic (exact) mass is 1340 g/mol. The van der Waals surface area contributed by atoms with Gasteiger partial charge in [0.2, 0.25) is 33.7 Å². The number of carboxylic acids is 3. The summed E-state index contributed by atoms with van der Waals surface area (Å²) in [6.07, 6.45) is 0.423. The second kappa shape index (κ2) is 38.8. The quantitative estimate of drug-likeness (QED) is 0.0184. The van der Waals surface area contributed by atoms with Crippen molar-refractivity contribution in [1.29, 1.82) is 0 Å². The molecular weight excluding hydrogens is 1250 g/mol. The summed E-state index contributed by atoms with van der Waals surface area (Å²) in [6.45, 7) is 3.51. The molecule has 1 heterocycles. The largest absolute Gasteiger partial charge is 0.481 e. The number of carboxylic acid groups (broad SMARTS) is 3. The number of aromatic nitrogens is 1. The summed E-state index contributed by atoms with van der Waals surface area (Å²) in [4.78, 5) is 161. The molecule has 0 fully saturated rings. The Balaban J connectivity index is 1.24. The van der Waals surface area contributed by atoms with E-state index in [1.165, 1.54) is 24.3 Å². The number of hydrogen-bond acceptors (Lipinski definition) is 14. The number of aromatic amines is 1. The van der Waals surface area contributed by atoms with Crippen molar-refractivity contribution in [1.82, 2.24) is 31.0 Å². The summed E-state index contributed by atoms with van der Waals surface area (Å²) in [5.41, 5.74) is 9.52. The van der Waals surface area contributed by atoms with Crippen molar-refractivity contribution in [3.05, 3.63) is 137 Å². The predicted octanol–water partition coefficient (Wildman–Crippen LogP) is 6.57. The molecule has 4 aromatic carbocycles. The number of para-hydroxylation sites is 1. The molecule has 95 heavy (non-hydrogen) atoms. The van der Waals surface area contributed by atoms with E-state index in [0.29, 0.717) is 73.5 Å². The van der Waals surface area contributed by atoms with Crippen LogP contribution in [0, 0.1) is 36.4 Å². The molecule has 0 radical (unpaired) electrons. The Labute approximate surface area is 551 Å². The number of carbonyl (C=O) groups is 12. The van der Waals surface area contributed by atoms with E-state index in [1.54, 1.807) is 54.7 Å². The lowest BCUT2D eigenvalue weighted by Gasteiger charge is -2.24. The van der Waals surface area contributed by atoms with Crippen molar-refractivity contribution in [2.24, 2.45) is 29.4 Å². The summed E-state index contributed by atoms with van der Waals surface area (Å²) in [5.74, 6) is -15.7. The highest BCUT2D eigenvalue weighted by atomic mass is 32.2. The van der Waals surface area contributed by atoms with Gasteiger partial charge in [0.1, 0.15) is 11.6 Å². The number of H-pyrrole nitrogens is 1. The Hall–Kier alpha value is -9.30. The number of Topliss-reactive ketones (excluding diaryl/α,β-unsaturated/α-hetero) is 4. The first kappa shape index (κ1) is 76.4. The van der Waals surface area contributed by atoms with Crippen LogP contribution >= 0.6 is 0 Å². The summed E-state index contributed by atoms with van der Waals surface area (Å²) < 4.78 is 43.5. The summed E-state index contributed by atoms with van der Waals surface area (Å²) in [5, 5.41) is 40.3. The molecule has 512 valence electrons. The zero-order valence-corrected chi connectivity index (χ0v) is 54.3. The fourth-order valence-electron chi connectivity index (χ4n) is 11.0. The van der Waals surface area contributed by atoms with E-state index >= 15 is 0 Å². The van der Waals surface area contributed by atoms with Crippen LogP contribution in [0.1, 0.15) is 149 Å². The molecule has 5 rings (SSSR count). The molecule has 24 nitrogen and oxygen atoms in total. The van der Waals surface area contributed by atoms with Crippen LogP contribution in [0.2, 0.25) is 0 Å². The third-order valence-electron chi connectivity index (χ3n) is 16.3. The Kier molecular flexibility index (Phi) is 31.2. The number of hydrogen-bond donors (Lipinski definition) is 10. The second-order valence-electron chi connectivity index (χ2n) is 23.9. The van der Waals surface area contributed by atoms with E-state index in [0.717, 1.165) is 29.7 Å². The minimum atomic E-state index is -4.50. The summed E-state index contributed by atoms with van der Waals surface area (Å²) >= 11 is 0. The number of primary amides is 1. The Morgan fingerprint density at radius 1 is 0.568 bits per heavy atom. The fourth-order valence-corrected chi connectivity index (χ4v) is 12.2. The Morgan fingerprint density at radius 2 is 1.19 bits per heavy atom. The van der Waals surface area contributed by atoms with Gasteiger partial charge in [-0.2, -0.15) is 0 Å². The lowest BCUT2D eigenvalue weighted by molar-refractivity contribution is -0.140. The molecule has 0 aliphatic carbocycles. The molecule has 0 unspecified atom stereocenters. The van der Waals surface area contributed by atoms with Crippen molar-refractivity contribution in [3.8, 4) is 0 Å². The highest BCUT2D eigenvalue weighted by molar-refractivity contribution is 7.89. The number of amides is 5. The molecule has 0 bridgehead atoms. The second-order valence-corrected chi connectivity index (χ2v) is 25.7. The first-order valence-electron chi connectivity index (χ1n) is 31.9. The van der Waals surface area contributed by atoms with E-state index in [-0.39, 0.29) is 60.8 Å². The maximum Gasteiger partial charge on any atom is 0.305 e. The van der Waals surface area contributed by atoms with Crippen LogP contribution in [-0.2, 0) is 82.0 Å². The van der Waals surface area contributed by atoms with Gasteiger partial charge in [0.15, 0.2) is 17.3 Å². The minimum absolute atomic E-state index is 0.0461. The average Bonchev–Trinajstić information content (AvgIpc) is 1.79. The van der Waals surface area contributed by atoms with Gasteiger partial charge in [-0.3, -0.25) is 57.5 Å². The predicted molar refractivity (Wildman–Crippen MR) is 348 cm³/mol. The number of halogens is 1. The molecule has 26 heteroatoms. The van der Waals surface area contributed by atoms with Gasteiger partial charge in [-0.1, -0.05) is 86.3 Å². The molecule has 5 aromatic rings. The number of nitrogens with two attached hydrogens (primary N) is 1. The van der Waals surface area contributed by atoms with E-state index < -0.39 is 162 Å². The first-order valence-corrected chi connectivity index (χ1v) is 33.3. The van der Waals surface area contributed by atoms with Gasteiger partial charge in [-0.25, -0.2) is 17.5 Å². The number of aliphatic carboxylic acids is 3. The molecule has 0 aliphatic heterocycles. The van der Waals surface area contributed by atoms with Crippen LogP contribution < -0.4 is 31.7 Å². The number of sulfonamides is 1. The number of fused-ring (bicyclic) bond motifs is 1. The third-order valence-corrected chi connectivity index (χ3v) is 17.7. The highest BCUT2D eigenvalue weighted by Gasteiger charge is 2.35. The maximum atomic E-state index is 14.7. The molecule has 0 spiro atoms. The van der Waals surface area contributed by atoms with Crippen LogP contribution in [0.25, 0.3) is 10.9 Å². The molecule has 0 saturated heterocycles. The normalized spacial score (nSPS) is 13.3. The van der Waals surface area contributed by atoms with Crippen LogP contribution in [0.3, 0.4) is 0 Å². The maximum absolute atomic E-state index is 14.7. The standard InChI is InChI=1S/C69H86FN7O17S/c1-3-12-44-21-27-55(28-22-44)95(93,94)77-59(40-64(86)87)61(81)39-49(26-30-63(84)85)68(91)75-42-54(79)36-50(33-45-13-11-15-52(70)34-45)69(92)76-58(37-51-41-74-57-18-7-6-17-56(51)57)60(80)38-48(25-29-62(82)83)67(90)73-31-9-4-5-16-53(78)35-47(65(71)88)14-8-10-32-72-66(89)46-23-19-43(2)20-24-46/h6-7,11,13,15,17-24,27-28,34,41,47-50,58-59,74,77H,3-5,8-10,12,14,16,25-26,29-33,35-40,42H2,1-2H3,(H2,71,88)(H,72,89)(H,73,90)(H,75,91)(H,76,92)(H,82,83)(H,84,85)(H,86,87)/t47-,48-,49-,50-,58+,59-/m1/s1. The number of carbonyl (C=O) groups excluding carboxylic acids is 9. The average molecular weight is 1340 g/mol. The zero-order valence-electron chi connectivity index (χ0n) is 53.5. The molecule has 11 N–H and O–H groups in total. The Morgan fingerprint density at radius 3 is 1.82 bits per heavy atom. The highest BCUT2D eigenvalue weighted by Crippen LogP contribution is 2.25. The first-order chi connectivity index (χ1) is 45.2. The third kappa shape index (κ3) is 26.9. The van der Waals surface area contributed by atoms with Crippen LogP contribution in [-0.4, -0.2) is 131 Å². The van der Waals surface area contributed by atoms with E-state index in [4.69, 9.17) is 5.73 Å². The van der Waals surface area contributed by atoms with Gasteiger partial charge in [0, 0.05) is 111 Å². The lowest BCUT2D eigenvalue weighted by atomic mass is 9.89. The Bertz CT molecular complexity index is 3610. The van der Waals surface area contributed by atoms with Gasteiger partial charge in [-0.05, 0) is 117 Å². The lowest BCUT2D eigenvalue weighted by Crippen LogP contribution is -2.47. The van der Waals surface area contributed by atoms with Crippen molar-refractivity contribution in [2.45, 2.75) is 159 Å². The summed E-state index contributed by atoms with van der Waals surface area (Å²) in [6, 6.07) is 21.7. The van der Waals surface area contributed by atoms with Crippen LogP contribution in [0.15, 0.2) is 108 Å². The molecule has 5 amide bonds. The number of rotatable bonds is 46. The smallest absolute Gasteiger partial charge is 0.305 e. The molecule has 0 aliphatic rings. The number of unbranched alkanes of at least 4 members (excludes halogenated alkanes) is 3. The van der Waals surface area contributed by atoms with Gasteiger partial charge in [0.05, 0.1) is 29.9 Å². The van der Waals surface area contributed by atoms with Gasteiger partial charge >= 0.3 is 17.9 Å². The SMILES string of the molecule is CCCc1ccc(S(=O)(=O)N[C@H](CC(=O)O)C(=O)C[C@@H](CCC(=O)O)C(=O)NCC(=O)C[C@@H](Cc2cccc(F)c2)C(=O)N[C@@H](Cc2c[nH]c3ccccc23)C(=O)C[C@@H](CCC(=O)O)C(=O)NCCCCCC(=O)C[C@@H](CCCCNC(=O)c2ccc(C)cc2)C(N)=O)cc1. The summed E-state index contributed by atoms with van der Waals surface area (Å²) in [7, 11) is -4.50. The number of aryl methyl sites for hydroxylation is 2. The number of nitrogens with one attached hydrogen (secondary N) is 6. The molecule has 1 aromatic heterocycles. The van der Waals surface area contributed by atoms with Crippen LogP contribution in [0.5, 0.6) is 0 Å². The van der Waals surface area contributed by atoms with E-state index in [2.05, 4.69) is 31.0 Å². The van der Waals surface area contributed by atoms with Gasteiger partial charge < -0.3 is 47.3 Å². The molecular formula is C69H86FN7O17S.